The van der Waals surface area contributed by atoms with E-state index in [2.05, 4.69) is 17.3 Å². The fourth-order valence-electron chi connectivity index (χ4n) is 2.81. The third-order valence-electron chi connectivity index (χ3n) is 3.90. The molecule has 0 amide bonds. The lowest BCUT2D eigenvalue weighted by Crippen LogP contribution is -2.34. The van der Waals surface area contributed by atoms with Crippen molar-refractivity contribution in [3.63, 3.8) is 0 Å². The molecule has 0 radical (unpaired) electrons. The first-order valence-electron chi connectivity index (χ1n) is 7.12. The van der Waals surface area contributed by atoms with E-state index < -0.39 is 5.92 Å². The van der Waals surface area contributed by atoms with Gasteiger partial charge in [0, 0.05) is 26.1 Å². The van der Waals surface area contributed by atoms with Gasteiger partial charge in [-0.2, -0.15) is 5.10 Å². The predicted octanol–water partition coefficient (Wildman–Crippen LogP) is 3.29. The van der Waals surface area contributed by atoms with Gasteiger partial charge >= 0.3 is 0 Å². The Labute approximate surface area is 113 Å². The molecule has 1 N–H and O–H groups in total. The van der Waals surface area contributed by atoms with Crippen LogP contribution in [-0.2, 0) is 7.05 Å². The van der Waals surface area contributed by atoms with Gasteiger partial charge in [-0.1, -0.05) is 6.92 Å². The molecule has 0 aliphatic heterocycles. The first kappa shape index (κ1) is 14.4. The fourth-order valence-corrected chi connectivity index (χ4v) is 2.81. The summed E-state index contributed by atoms with van der Waals surface area (Å²) in [6, 6.07) is 2.09. The quantitative estimate of drug-likeness (QED) is 0.890. The van der Waals surface area contributed by atoms with Crippen LogP contribution >= 0.6 is 0 Å². The minimum absolute atomic E-state index is 0.00874. The summed E-state index contributed by atoms with van der Waals surface area (Å²) in [5.41, 5.74) is 0.978. The molecule has 1 saturated carbocycles. The van der Waals surface area contributed by atoms with Crippen LogP contribution in [0, 0.1) is 5.92 Å². The highest BCUT2D eigenvalue weighted by Crippen LogP contribution is 2.41. The van der Waals surface area contributed by atoms with Crippen molar-refractivity contribution < 1.29 is 8.78 Å². The van der Waals surface area contributed by atoms with Crippen molar-refractivity contribution in [3.8, 4) is 0 Å². The maximum atomic E-state index is 13.3. The number of aryl methyl sites for hydroxylation is 1. The number of nitrogens with zero attached hydrogens (tertiary/aromatic N) is 2. The van der Waals surface area contributed by atoms with Gasteiger partial charge in [-0.3, -0.25) is 4.68 Å². The summed E-state index contributed by atoms with van der Waals surface area (Å²) in [5.74, 6) is -2.20. The van der Waals surface area contributed by atoms with E-state index in [1.54, 1.807) is 4.68 Å². The molecule has 1 aliphatic carbocycles. The zero-order valence-corrected chi connectivity index (χ0v) is 11.7. The lowest BCUT2D eigenvalue weighted by Gasteiger charge is -2.33. The molecule has 108 valence electrons. The van der Waals surface area contributed by atoms with Gasteiger partial charge in [0.2, 0.25) is 5.92 Å². The maximum absolute atomic E-state index is 13.3. The van der Waals surface area contributed by atoms with Crippen molar-refractivity contribution in [2.24, 2.45) is 13.0 Å². The second kappa shape index (κ2) is 5.99. The van der Waals surface area contributed by atoms with Crippen molar-refractivity contribution in [1.82, 2.24) is 15.1 Å². The van der Waals surface area contributed by atoms with E-state index in [-0.39, 0.29) is 24.8 Å². The van der Waals surface area contributed by atoms with Gasteiger partial charge in [-0.25, -0.2) is 8.78 Å². The molecule has 0 spiro atoms. The monoisotopic (exact) mass is 271 g/mol. The number of halogens is 2. The van der Waals surface area contributed by atoms with Gasteiger partial charge in [-0.05, 0) is 37.8 Å². The summed E-state index contributed by atoms with van der Waals surface area (Å²) >= 11 is 0. The second-order valence-electron chi connectivity index (χ2n) is 5.54. The second-order valence-corrected chi connectivity index (χ2v) is 5.54. The minimum Gasteiger partial charge on any atom is -0.308 e. The Morgan fingerprint density at radius 2 is 2.16 bits per heavy atom. The Hall–Kier alpha value is -0.970. The maximum Gasteiger partial charge on any atom is 0.248 e. The zero-order valence-electron chi connectivity index (χ0n) is 11.7. The van der Waals surface area contributed by atoms with E-state index in [1.165, 1.54) is 0 Å². The lowest BCUT2D eigenvalue weighted by atomic mass is 9.81. The van der Waals surface area contributed by atoms with Gasteiger partial charge < -0.3 is 5.32 Å². The van der Waals surface area contributed by atoms with E-state index in [0.717, 1.165) is 18.7 Å². The number of aromatic nitrogens is 2. The molecular formula is C14H23F2N3. The largest absolute Gasteiger partial charge is 0.308 e. The Bertz CT molecular complexity index is 393. The molecule has 1 atom stereocenters. The van der Waals surface area contributed by atoms with E-state index in [9.17, 15) is 8.78 Å². The van der Waals surface area contributed by atoms with Crippen molar-refractivity contribution in [1.29, 1.82) is 0 Å². The van der Waals surface area contributed by atoms with Gasteiger partial charge in [0.1, 0.15) is 0 Å². The molecule has 19 heavy (non-hydrogen) atoms. The lowest BCUT2D eigenvalue weighted by molar-refractivity contribution is -0.0499. The van der Waals surface area contributed by atoms with Crippen molar-refractivity contribution >= 4 is 0 Å². The third-order valence-corrected chi connectivity index (χ3v) is 3.90. The molecule has 1 aliphatic rings. The highest BCUT2D eigenvalue weighted by Gasteiger charge is 2.38. The number of nitrogens with one attached hydrogen (secondary N) is 1. The van der Waals surface area contributed by atoms with Crippen LogP contribution in [0.15, 0.2) is 12.3 Å². The molecule has 0 saturated heterocycles. The van der Waals surface area contributed by atoms with Crippen LogP contribution in [0.25, 0.3) is 0 Å². The Morgan fingerprint density at radius 3 is 2.68 bits per heavy atom. The molecular weight excluding hydrogens is 248 g/mol. The summed E-state index contributed by atoms with van der Waals surface area (Å²) in [6.45, 7) is 3.01. The molecule has 1 aromatic heterocycles. The van der Waals surface area contributed by atoms with Crippen LogP contribution in [0.2, 0.25) is 0 Å². The summed E-state index contributed by atoms with van der Waals surface area (Å²) in [7, 11) is 1.88. The molecule has 1 fully saturated rings. The van der Waals surface area contributed by atoms with E-state index in [4.69, 9.17) is 0 Å². The number of rotatable bonds is 5. The van der Waals surface area contributed by atoms with Crippen LogP contribution in [0.3, 0.4) is 0 Å². The Kier molecular flexibility index (Phi) is 4.55. The molecule has 5 heteroatoms. The summed E-state index contributed by atoms with van der Waals surface area (Å²) in [4.78, 5) is 0. The standard InChI is InChI=1S/C14H23F2N3/c1-3-9-17-13(12-6-10-19(2)18-12)11-4-7-14(15,16)8-5-11/h6,10-11,13,17H,3-5,7-9H2,1-2H3. The first-order chi connectivity index (χ1) is 9.02. The molecule has 0 bridgehead atoms. The fraction of sp³-hybridized carbons (Fsp3) is 0.786. The summed E-state index contributed by atoms with van der Waals surface area (Å²) < 4.78 is 28.3. The van der Waals surface area contributed by atoms with E-state index in [1.807, 2.05) is 19.3 Å². The normalized spacial score (nSPS) is 21.5. The Morgan fingerprint density at radius 1 is 1.47 bits per heavy atom. The van der Waals surface area contributed by atoms with E-state index >= 15 is 0 Å². The number of hydrogen-bond acceptors (Lipinski definition) is 2. The van der Waals surface area contributed by atoms with Gasteiger partial charge in [0.15, 0.2) is 0 Å². The van der Waals surface area contributed by atoms with Gasteiger partial charge in [0.05, 0.1) is 11.7 Å². The summed E-state index contributed by atoms with van der Waals surface area (Å²) in [5, 5.41) is 7.92. The molecule has 1 heterocycles. The van der Waals surface area contributed by atoms with Crippen molar-refractivity contribution in [3.05, 3.63) is 18.0 Å². The van der Waals surface area contributed by atoms with Gasteiger partial charge in [0.25, 0.3) is 0 Å². The smallest absolute Gasteiger partial charge is 0.248 e. The van der Waals surface area contributed by atoms with Gasteiger partial charge in [-0.15, -0.1) is 0 Å². The Balaban J connectivity index is 2.05. The molecule has 3 nitrogen and oxygen atoms in total. The SMILES string of the molecule is CCCNC(c1ccn(C)n1)C1CCC(F)(F)CC1. The minimum atomic E-state index is -2.46. The number of alkyl halides is 2. The van der Waals surface area contributed by atoms with E-state index in [0.29, 0.717) is 12.8 Å². The summed E-state index contributed by atoms with van der Waals surface area (Å²) in [6.07, 6.45) is 4.11. The first-order valence-corrected chi connectivity index (χ1v) is 7.12. The molecule has 1 aromatic rings. The average molecular weight is 271 g/mol. The predicted molar refractivity (Wildman–Crippen MR) is 71.1 cm³/mol. The third kappa shape index (κ3) is 3.75. The topological polar surface area (TPSA) is 29.9 Å². The number of hydrogen-bond donors (Lipinski definition) is 1. The van der Waals surface area contributed by atoms with Crippen LogP contribution in [0.1, 0.15) is 50.8 Å². The van der Waals surface area contributed by atoms with Crippen molar-refractivity contribution in [2.75, 3.05) is 6.54 Å². The van der Waals surface area contributed by atoms with Crippen LogP contribution in [0.4, 0.5) is 8.78 Å². The highest BCUT2D eigenvalue weighted by molar-refractivity contribution is 5.08. The van der Waals surface area contributed by atoms with Crippen LogP contribution in [-0.4, -0.2) is 22.2 Å². The molecule has 0 aromatic carbocycles. The van der Waals surface area contributed by atoms with Crippen molar-refractivity contribution in [2.45, 2.75) is 51.0 Å². The average Bonchev–Trinajstić information content (AvgIpc) is 2.78. The molecule has 2 rings (SSSR count). The van der Waals surface area contributed by atoms with Crippen LogP contribution < -0.4 is 5.32 Å². The highest BCUT2D eigenvalue weighted by atomic mass is 19.3. The van der Waals surface area contributed by atoms with Crippen LogP contribution in [0.5, 0.6) is 0 Å². The zero-order chi connectivity index (χ0) is 13.9. The molecule has 1 unspecified atom stereocenters.